The second-order valence-corrected chi connectivity index (χ2v) is 5.33. The lowest BCUT2D eigenvalue weighted by Crippen LogP contribution is -1.96. The number of aromatic nitrogens is 1. The number of rotatable bonds is 5. The van der Waals surface area contributed by atoms with Crippen LogP contribution in [0.3, 0.4) is 0 Å². The van der Waals surface area contributed by atoms with Crippen LogP contribution in [0.4, 0.5) is 4.39 Å². The van der Waals surface area contributed by atoms with Crippen LogP contribution in [0, 0.1) is 12.7 Å². The normalized spacial score (nSPS) is 10.6. The summed E-state index contributed by atoms with van der Waals surface area (Å²) in [4.78, 5) is 4.44. The number of halogens is 1. The van der Waals surface area contributed by atoms with Crippen LogP contribution < -0.4 is 14.2 Å². The van der Waals surface area contributed by atoms with E-state index < -0.39 is 0 Å². The zero-order valence-corrected chi connectivity index (χ0v) is 14.4. The number of nitrogens with zero attached hydrogens (tertiary/aromatic N) is 1. The lowest BCUT2D eigenvalue weighted by molar-refractivity contribution is 0.324. The minimum atomic E-state index is -0.307. The molecule has 0 atom stereocenters. The minimum Gasteiger partial charge on any atom is -0.493 e. The quantitative estimate of drug-likeness (QED) is 0.683. The molecule has 0 fully saturated rings. The van der Waals surface area contributed by atoms with Crippen LogP contribution in [0.1, 0.15) is 5.89 Å². The van der Waals surface area contributed by atoms with Crippen LogP contribution in [-0.4, -0.2) is 26.3 Å². The summed E-state index contributed by atoms with van der Waals surface area (Å²) in [6, 6.07) is 9.67. The van der Waals surface area contributed by atoms with Gasteiger partial charge in [0, 0.05) is 18.1 Å². The van der Waals surface area contributed by atoms with Crippen molar-refractivity contribution in [1.82, 2.24) is 4.98 Å². The molecule has 5 nitrogen and oxygen atoms in total. The van der Waals surface area contributed by atoms with E-state index in [4.69, 9.17) is 18.6 Å². The van der Waals surface area contributed by atoms with Crippen LogP contribution in [0.15, 0.2) is 40.8 Å². The van der Waals surface area contributed by atoms with Crippen molar-refractivity contribution in [1.29, 1.82) is 0 Å². The van der Waals surface area contributed by atoms with Gasteiger partial charge in [-0.15, -0.1) is 0 Å². The monoisotopic (exact) mass is 343 g/mol. The number of hydrogen-bond acceptors (Lipinski definition) is 5. The van der Waals surface area contributed by atoms with Crippen molar-refractivity contribution >= 4 is 0 Å². The molecule has 0 spiro atoms. The molecule has 0 saturated heterocycles. The summed E-state index contributed by atoms with van der Waals surface area (Å²) < 4.78 is 35.2. The summed E-state index contributed by atoms with van der Waals surface area (Å²) in [5, 5.41) is 0. The van der Waals surface area contributed by atoms with Gasteiger partial charge in [0.15, 0.2) is 23.1 Å². The standard InChI is InChI=1S/C19H18FNO4/c1-11-21-17(12-5-7-14(20)8-6-12)18(25-11)13-9-15(22-2)19(24-4)16(10-13)23-3/h5-10H,1-4H3. The van der Waals surface area contributed by atoms with Gasteiger partial charge in [-0.2, -0.15) is 0 Å². The predicted molar refractivity (Wildman–Crippen MR) is 91.7 cm³/mol. The molecule has 3 rings (SSSR count). The van der Waals surface area contributed by atoms with Crippen molar-refractivity contribution in [2.75, 3.05) is 21.3 Å². The molecule has 1 aromatic heterocycles. The maximum absolute atomic E-state index is 13.2. The zero-order valence-electron chi connectivity index (χ0n) is 14.4. The Labute approximate surface area is 145 Å². The van der Waals surface area contributed by atoms with Crippen molar-refractivity contribution in [3.63, 3.8) is 0 Å². The Morgan fingerprint density at radius 2 is 1.48 bits per heavy atom. The molecular weight excluding hydrogens is 325 g/mol. The van der Waals surface area contributed by atoms with Crippen LogP contribution in [0.5, 0.6) is 17.2 Å². The summed E-state index contributed by atoms with van der Waals surface area (Å²) in [5.41, 5.74) is 2.09. The second-order valence-electron chi connectivity index (χ2n) is 5.33. The highest BCUT2D eigenvalue weighted by molar-refractivity contribution is 5.79. The van der Waals surface area contributed by atoms with Crippen molar-refractivity contribution in [3.05, 3.63) is 48.1 Å². The van der Waals surface area contributed by atoms with E-state index >= 15 is 0 Å². The van der Waals surface area contributed by atoms with Crippen molar-refractivity contribution in [2.45, 2.75) is 6.92 Å². The fourth-order valence-corrected chi connectivity index (χ4v) is 2.64. The molecular formula is C19H18FNO4. The molecule has 2 aromatic carbocycles. The van der Waals surface area contributed by atoms with Crippen molar-refractivity contribution in [2.24, 2.45) is 0 Å². The fourth-order valence-electron chi connectivity index (χ4n) is 2.64. The third-order valence-corrected chi connectivity index (χ3v) is 3.78. The number of hydrogen-bond donors (Lipinski definition) is 0. The number of benzene rings is 2. The van der Waals surface area contributed by atoms with Gasteiger partial charge in [-0.3, -0.25) is 0 Å². The van der Waals surface area contributed by atoms with Crippen LogP contribution in [-0.2, 0) is 0 Å². The number of oxazole rings is 1. The van der Waals surface area contributed by atoms with E-state index in [1.165, 1.54) is 12.1 Å². The minimum absolute atomic E-state index is 0.307. The molecule has 0 aliphatic carbocycles. The summed E-state index contributed by atoms with van der Waals surface area (Å²) in [6.07, 6.45) is 0. The first-order chi connectivity index (χ1) is 12.1. The van der Waals surface area contributed by atoms with Crippen molar-refractivity contribution < 1.29 is 23.0 Å². The smallest absolute Gasteiger partial charge is 0.203 e. The van der Waals surface area contributed by atoms with E-state index in [-0.39, 0.29) is 5.82 Å². The van der Waals surface area contributed by atoms with E-state index in [2.05, 4.69) is 4.98 Å². The highest BCUT2D eigenvalue weighted by Crippen LogP contribution is 2.43. The van der Waals surface area contributed by atoms with Gasteiger partial charge < -0.3 is 18.6 Å². The Balaban J connectivity index is 2.19. The Morgan fingerprint density at radius 1 is 0.880 bits per heavy atom. The maximum atomic E-state index is 13.2. The lowest BCUT2D eigenvalue weighted by atomic mass is 10.0. The molecule has 6 heteroatoms. The summed E-state index contributed by atoms with van der Waals surface area (Å²) >= 11 is 0. The summed E-state index contributed by atoms with van der Waals surface area (Å²) in [5.74, 6) is 2.25. The highest BCUT2D eigenvalue weighted by Gasteiger charge is 2.20. The Hall–Kier alpha value is -3.02. The zero-order chi connectivity index (χ0) is 18.0. The first-order valence-electron chi connectivity index (χ1n) is 7.61. The molecule has 0 bridgehead atoms. The Morgan fingerprint density at radius 3 is 2.00 bits per heavy atom. The van der Waals surface area contributed by atoms with Gasteiger partial charge >= 0.3 is 0 Å². The first-order valence-corrected chi connectivity index (χ1v) is 7.61. The van der Waals surface area contributed by atoms with Gasteiger partial charge in [0.05, 0.1) is 21.3 Å². The molecule has 0 radical (unpaired) electrons. The van der Waals surface area contributed by atoms with E-state index in [0.29, 0.717) is 34.6 Å². The molecule has 0 unspecified atom stereocenters. The molecule has 0 saturated carbocycles. The molecule has 1 heterocycles. The number of methoxy groups -OCH3 is 3. The number of aryl methyl sites for hydroxylation is 1. The van der Waals surface area contributed by atoms with Crippen LogP contribution >= 0.6 is 0 Å². The van der Waals surface area contributed by atoms with Gasteiger partial charge in [-0.05, 0) is 36.4 Å². The first kappa shape index (κ1) is 16.8. The summed E-state index contributed by atoms with van der Waals surface area (Å²) in [7, 11) is 4.64. The second kappa shape index (κ2) is 6.84. The molecule has 0 aliphatic heterocycles. The van der Waals surface area contributed by atoms with Crippen LogP contribution in [0.2, 0.25) is 0 Å². The molecule has 0 N–H and O–H groups in total. The van der Waals surface area contributed by atoms with Gasteiger partial charge in [-0.25, -0.2) is 9.37 Å². The SMILES string of the molecule is COc1cc(-c2oc(C)nc2-c2ccc(F)cc2)cc(OC)c1OC. The molecule has 130 valence electrons. The topological polar surface area (TPSA) is 53.7 Å². The van der Waals surface area contributed by atoms with E-state index in [1.54, 1.807) is 52.5 Å². The van der Waals surface area contributed by atoms with E-state index in [9.17, 15) is 4.39 Å². The maximum Gasteiger partial charge on any atom is 0.203 e. The molecule has 0 aliphatic rings. The fraction of sp³-hybridized carbons (Fsp3) is 0.211. The lowest BCUT2D eigenvalue weighted by Gasteiger charge is -2.13. The largest absolute Gasteiger partial charge is 0.493 e. The Kier molecular flexibility index (Phi) is 4.61. The van der Waals surface area contributed by atoms with Gasteiger partial charge in [0.2, 0.25) is 5.75 Å². The van der Waals surface area contributed by atoms with Crippen LogP contribution in [0.25, 0.3) is 22.6 Å². The van der Waals surface area contributed by atoms with E-state index in [0.717, 1.165) is 11.1 Å². The summed E-state index contributed by atoms with van der Waals surface area (Å²) in [6.45, 7) is 1.76. The molecule has 3 aromatic rings. The third-order valence-electron chi connectivity index (χ3n) is 3.78. The third kappa shape index (κ3) is 3.15. The Bertz CT molecular complexity index is 862. The molecule has 25 heavy (non-hydrogen) atoms. The van der Waals surface area contributed by atoms with Crippen molar-refractivity contribution in [3.8, 4) is 39.8 Å². The number of ether oxygens (including phenoxy) is 3. The van der Waals surface area contributed by atoms with Gasteiger partial charge in [-0.1, -0.05) is 0 Å². The van der Waals surface area contributed by atoms with E-state index in [1.807, 2.05) is 0 Å². The molecule has 0 amide bonds. The average molecular weight is 343 g/mol. The highest BCUT2D eigenvalue weighted by atomic mass is 19.1. The average Bonchev–Trinajstić information content (AvgIpc) is 3.02. The predicted octanol–water partition coefficient (Wildman–Crippen LogP) is 4.48. The van der Waals surface area contributed by atoms with Gasteiger partial charge in [0.1, 0.15) is 11.5 Å². The van der Waals surface area contributed by atoms with Gasteiger partial charge in [0.25, 0.3) is 0 Å².